The number of anilines is 1. The number of thiocarbonyl (C=S) groups is 1. The first-order valence-corrected chi connectivity index (χ1v) is 12.1. The van der Waals surface area contributed by atoms with Crippen LogP contribution in [0.4, 0.5) is 5.69 Å². The van der Waals surface area contributed by atoms with E-state index in [2.05, 4.69) is 0 Å². The van der Waals surface area contributed by atoms with E-state index in [1.807, 2.05) is 17.5 Å². The van der Waals surface area contributed by atoms with Gasteiger partial charge in [-0.25, -0.2) is 18.5 Å². The molecule has 2 saturated heterocycles. The molecule has 2 N–H and O–H groups in total. The van der Waals surface area contributed by atoms with Crippen molar-refractivity contribution in [1.82, 2.24) is 4.90 Å². The summed E-state index contributed by atoms with van der Waals surface area (Å²) in [5.41, 5.74) is 0.194. The summed E-state index contributed by atoms with van der Waals surface area (Å²) in [6.07, 6.45) is 1.49. The summed E-state index contributed by atoms with van der Waals surface area (Å²) >= 11 is 7.85. The Labute approximate surface area is 185 Å². The van der Waals surface area contributed by atoms with Crippen molar-refractivity contribution in [3.63, 3.8) is 0 Å². The second-order valence-electron chi connectivity index (χ2n) is 6.39. The number of hydrogen-bond donors (Lipinski definition) is 1. The molecular weight excluding hydrogens is 466 g/mol. The molecule has 2 aromatic rings. The third kappa shape index (κ3) is 3.72. The van der Waals surface area contributed by atoms with Gasteiger partial charge in [-0.1, -0.05) is 30.0 Å². The molecule has 0 saturated carbocycles. The lowest BCUT2D eigenvalue weighted by Gasteiger charge is -2.21. The van der Waals surface area contributed by atoms with E-state index < -0.39 is 33.8 Å². The first-order chi connectivity index (χ1) is 14.2. The van der Waals surface area contributed by atoms with Crippen LogP contribution >= 0.6 is 35.3 Å². The van der Waals surface area contributed by atoms with E-state index in [1.54, 1.807) is 6.08 Å². The Bertz CT molecular complexity index is 1200. The minimum atomic E-state index is -3.90. The van der Waals surface area contributed by atoms with E-state index in [9.17, 15) is 22.8 Å². The number of primary sulfonamides is 1. The van der Waals surface area contributed by atoms with Gasteiger partial charge in [0.25, 0.3) is 11.8 Å². The van der Waals surface area contributed by atoms with Crippen LogP contribution in [0.1, 0.15) is 11.3 Å². The van der Waals surface area contributed by atoms with Crippen molar-refractivity contribution in [2.45, 2.75) is 17.4 Å². The molecule has 4 rings (SSSR count). The normalized spacial score (nSPS) is 21.4. The molecule has 3 amide bonds. The molecule has 30 heavy (non-hydrogen) atoms. The Hall–Kier alpha value is -2.38. The Morgan fingerprint density at radius 1 is 1.13 bits per heavy atom. The molecule has 12 heteroatoms. The molecule has 2 aliphatic heterocycles. The quantitative estimate of drug-likeness (QED) is 0.404. The average molecular weight is 480 g/mol. The van der Waals surface area contributed by atoms with E-state index in [1.165, 1.54) is 40.5 Å². The van der Waals surface area contributed by atoms with Crippen molar-refractivity contribution in [2.24, 2.45) is 5.14 Å². The van der Waals surface area contributed by atoms with Gasteiger partial charge in [-0.15, -0.1) is 11.3 Å². The van der Waals surface area contributed by atoms with Crippen LogP contribution in [0, 0.1) is 0 Å². The summed E-state index contributed by atoms with van der Waals surface area (Å²) in [6.45, 7) is 0. The fourth-order valence-corrected chi connectivity index (χ4v) is 5.72. The van der Waals surface area contributed by atoms with Gasteiger partial charge < -0.3 is 0 Å². The van der Waals surface area contributed by atoms with Crippen LogP contribution < -0.4 is 10.0 Å². The minimum absolute atomic E-state index is 0.141. The Balaban J connectivity index is 1.60. The first-order valence-electron chi connectivity index (χ1n) is 8.47. The topological polar surface area (TPSA) is 118 Å². The number of nitrogens with zero attached hydrogens (tertiary/aromatic N) is 2. The number of thiophene rings is 1. The number of rotatable bonds is 4. The van der Waals surface area contributed by atoms with E-state index in [-0.39, 0.29) is 21.3 Å². The number of hydrogen-bond acceptors (Lipinski definition) is 8. The largest absolute Gasteiger partial charge is 0.280 e. The van der Waals surface area contributed by atoms with E-state index >= 15 is 0 Å². The van der Waals surface area contributed by atoms with Crippen LogP contribution in [0.15, 0.2) is 51.6 Å². The summed E-state index contributed by atoms with van der Waals surface area (Å²) in [5.74, 6) is -1.53. The lowest BCUT2D eigenvalue weighted by molar-refractivity contribution is -0.129. The number of nitrogens with two attached hydrogens (primary N) is 1. The molecule has 0 radical (unpaired) electrons. The SMILES string of the molecule is NS(=O)(=O)c1ccc(N2C(=O)CC(N3C(=O)/C(=C/c4cccs4)SC3=S)C2=O)cc1. The standard InChI is InChI=1S/C18H13N3O5S4/c19-30(25,26)12-5-3-10(4-6-12)20-15(22)9-13(16(20)23)21-17(24)14(29-18(21)27)8-11-2-1-7-28-11/h1-8,13H,9H2,(H2,19,25,26)/b14-8-. The fourth-order valence-electron chi connectivity index (χ4n) is 3.12. The summed E-state index contributed by atoms with van der Waals surface area (Å²) in [6, 6.07) is 7.73. The maximum Gasteiger partial charge on any atom is 0.266 e. The summed E-state index contributed by atoms with van der Waals surface area (Å²) in [5, 5.41) is 6.95. The highest BCUT2D eigenvalue weighted by Gasteiger charge is 2.48. The molecule has 0 bridgehead atoms. The van der Waals surface area contributed by atoms with Gasteiger partial charge in [0.1, 0.15) is 10.4 Å². The van der Waals surface area contributed by atoms with Crippen LogP contribution in [0.25, 0.3) is 6.08 Å². The highest BCUT2D eigenvalue weighted by atomic mass is 32.2. The van der Waals surface area contributed by atoms with Crippen molar-refractivity contribution in [1.29, 1.82) is 0 Å². The van der Waals surface area contributed by atoms with Gasteiger partial charge in [-0.2, -0.15) is 0 Å². The van der Waals surface area contributed by atoms with Crippen LogP contribution in [0.2, 0.25) is 0 Å². The monoisotopic (exact) mass is 479 g/mol. The third-order valence-electron chi connectivity index (χ3n) is 4.50. The van der Waals surface area contributed by atoms with Crippen LogP contribution in [0.3, 0.4) is 0 Å². The number of carbonyl (C=O) groups is 3. The number of imide groups is 1. The maximum atomic E-state index is 13.0. The number of carbonyl (C=O) groups excluding carboxylic acids is 3. The van der Waals surface area contributed by atoms with Crippen molar-refractivity contribution in [3.05, 3.63) is 51.6 Å². The van der Waals surface area contributed by atoms with Gasteiger partial charge in [0, 0.05) is 4.88 Å². The lowest BCUT2D eigenvalue weighted by Crippen LogP contribution is -2.44. The van der Waals surface area contributed by atoms with Gasteiger partial charge in [0.15, 0.2) is 0 Å². The van der Waals surface area contributed by atoms with Gasteiger partial charge in [0.2, 0.25) is 15.9 Å². The zero-order valence-corrected chi connectivity index (χ0v) is 18.3. The predicted molar refractivity (Wildman–Crippen MR) is 118 cm³/mol. The number of sulfonamides is 1. The summed E-state index contributed by atoms with van der Waals surface area (Å²) < 4.78 is 23.0. The van der Waals surface area contributed by atoms with Gasteiger partial charge in [-0.3, -0.25) is 19.3 Å². The Kier molecular flexibility index (Phi) is 5.36. The molecule has 1 aromatic carbocycles. The second-order valence-corrected chi connectivity index (χ2v) is 10.6. The smallest absolute Gasteiger partial charge is 0.266 e. The molecule has 8 nitrogen and oxygen atoms in total. The third-order valence-corrected chi connectivity index (χ3v) is 7.58. The molecule has 3 heterocycles. The van der Waals surface area contributed by atoms with Gasteiger partial charge in [0.05, 0.1) is 21.9 Å². The van der Waals surface area contributed by atoms with Crippen molar-refractivity contribution in [3.8, 4) is 0 Å². The van der Waals surface area contributed by atoms with Crippen molar-refractivity contribution in [2.75, 3.05) is 4.90 Å². The minimum Gasteiger partial charge on any atom is -0.280 e. The predicted octanol–water partition coefficient (Wildman–Crippen LogP) is 1.93. The Morgan fingerprint density at radius 3 is 2.43 bits per heavy atom. The maximum absolute atomic E-state index is 13.0. The van der Waals surface area contributed by atoms with E-state index in [0.29, 0.717) is 4.91 Å². The molecule has 1 unspecified atom stereocenters. The zero-order chi connectivity index (χ0) is 21.6. The fraction of sp³-hybridized carbons (Fsp3) is 0.111. The van der Waals surface area contributed by atoms with Crippen molar-refractivity contribution >= 4 is 79.1 Å². The molecule has 2 aliphatic rings. The molecule has 0 spiro atoms. The molecule has 0 aliphatic carbocycles. The van der Waals surface area contributed by atoms with Crippen molar-refractivity contribution < 1.29 is 22.8 Å². The zero-order valence-electron chi connectivity index (χ0n) is 15.0. The average Bonchev–Trinajstić information content (AvgIpc) is 3.35. The highest BCUT2D eigenvalue weighted by molar-refractivity contribution is 8.26. The number of amides is 3. The first kappa shape index (κ1) is 20.9. The van der Waals surface area contributed by atoms with E-state index in [4.69, 9.17) is 17.4 Å². The molecule has 1 atom stereocenters. The molecular formula is C18H13N3O5S4. The van der Waals surface area contributed by atoms with Crippen LogP contribution in [-0.2, 0) is 24.4 Å². The number of benzene rings is 1. The molecule has 154 valence electrons. The van der Waals surface area contributed by atoms with Crippen LogP contribution in [-0.4, -0.2) is 41.4 Å². The highest BCUT2D eigenvalue weighted by Crippen LogP contribution is 2.37. The van der Waals surface area contributed by atoms with Gasteiger partial charge >= 0.3 is 0 Å². The summed E-state index contributed by atoms with van der Waals surface area (Å²) in [7, 11) is -3.90. The van der Waals surface area contributed by atoms with Gasteiger partial charge in [-0.05, 0) is 41.8 Å². The molecule has 1 aromatic heterocycles. The molecule has 2 fully saturated rings. The van der Waals surface area contributed by atoms with E-state index in [0.717, 1.165) is 21.5 Å². The number of thioether (sulfide) groups is 1. The van der Waals surface area contributed by atoms with Crippen LogP contribution in [0.5, 0.6) is 0 Å². The Morgan fingerprint density at radius 2 is 1.83 bits per heavy atom. The summed E-state index contributed by atoms with van der Waals surface area (Å²) in [4.78, 5) is 41.6. The lowest BCUT2D eigenvalue weighted by atomic mass is 10.2. The second kappa shape index (κ2) is 7.71.